The van der Waals surface area contributed by atoms with Crippen molar-refractivity contribution in [2.45, 2.75) is 95.7 Å². The number of urea groups is 1. The molecule has 5 fully saturated rings. The van der Waals surface area contributed by atoms with E-state index < -0.39 is 5.91 Å². The van der Waals surface area contributed by atoms with Gasteiger partial charge < -0.3 is 15.4 Å². The van der Waals surface area contributed by atoms with Crippen LogP contribution in [0.4, 0.5) is 4.79 Å². The van der Waals surface area contributed by atoms with E-state index in [1.807, 2.05) is 0 Å². The number of rotatable bonds is 5. The largest absolute Gasteiger partial charge is 0.490 e. The first kappa shape index (κ1) is 22.5. The molecule has 7 heteroatoms. The molecule has 0 saturated heterocycles. The minimum Gasteiger partial charge on any atom is -0.490 e. The topological polar surface area (TPSA) is 99.7 Å². The Hall–Kier alpha value is -2.28. The molecular formula is C26H37N3O4. The van der Waals surface area contributed by atoms with Crippen LogP contribution in [0.15, 0.2) is 24.3 Å². The van der Waals surface area contributed by atoms with E-state index >= 15 is 0 Å². The second-order valence-corrected chi connectivity index (χ2v) is 12.1. The van der Waals surface area contributed by atoms with Gasteiger partial charge in [0.15, 0.2) is 0 Å². The summed E-state index contributed by atoms with van der Waals surface area (Å²) in [6.45, 7) is 4.86. The van der Waals surface area contributed by atoms with Crippen molar-refractivity contribution < 1.29 is 19.5 Å². The molecule has 4 bridgehead atoms. The van der Waals surface area contributed by atoms with Crippen LogP contribution in [-0.2, 0) is 0 Å². The summed E-state index contributed by atoms with van der Waals surface area (Å²) in [7, 11) is 0. The highest BCUT2D eigenvalue weighted by atomic mass is 16.5. The number of hydrogen-bond acceptors (Lipinski definition) is 4. The maximum Gasteiger partial charge on any atom is 0.315 e. The van der Waals surface area contributed by atoms with Crippen LogP contribution >= 0.6 is 0 Å². The lowest BCUT2D eigenvalue weighted by Crippen LogP contribution is -2.66. The van der Waals surface area contributed by atoms with Crippen LogP contribution in [0.5, 0.6) is 5.75 Å². The highest BCUT2D eigenvalue weighted by molar-refractivity contribution is 5.93. The second-order valence-electron chi connectivity index (χ2n) is 12.1. The van der Waals surface area contributed by atoms with Gasteiger partial charge >= 0.3 is 6.03 Å². The Balaban J connectivity index is 1.10. The van der Waals surface area contributed by atoms with Crippen molar-refractivity contribution >= 4 is 11.9 Å². The number of benzene rings is 1. The average molecular weight is 456 g/mol. The molecule has 5 saturated carbocycles. The third-order valence-electron chi connectivity index (χ3n) is 8.54. The van der Waals surface area contributed by atoms with E-state index in [1.165, 1.54) is 19.3 Å². The molecule has 5 aliphatic carbocycles. The molecule has 1 aromatic rings. The lowest BCUT2D eigenvalue weighted by molar-refractivity contribution is -0.113. The molecule has 180 valence electrons. The number of hydroxylamine groups is 1. The molecule has 0 spiro atoms. The van der Waals surface area contributed by atoms with Gasteiger partial charge in [-0.1, -0.05) is 13.8 Å². The Kier molecular flexibility index (Phi) is 5.58. The molecule has 3 amide bonds. The summed E-state index contributed by atoms with van der Waals surface area (Å²) < 4.78 is 6.07. The molecule has 4 N–H and O–H groups in total. The predicted molar refractivity (Wildman–Crippen MR) is 124 cm³/mol. The van der Waals surface area contributed by atoms with Gasteiger partial charge in [0.25, 0.3) is 5.91 Å². The maximum absolute atomic E-state index is 13.0. The van der Waals surface area contributed by atoms with Gasteiger partial charge in [-0.2, -0.15) is 0 Å². The molecule has 0 heterocycles. The van der Waals surface area contributed by atoms with Crippen LogP contribution in [0.2, 0.25) is 0 Å². The van der Waals surface area contributed by atoms with Crippen LogP contribution in [0.3, 0.4) is 0 Å². The Morgan fingerprint density at radius 2 is 1.58 bits per heavy atom. The van der Waals surface area contributed by atoms with Gasteiger partial charge in [-0.15, -0.1) is 0 Å². The fraction of sp³-hybridized carbons (Fsp3) is 0.692. The zero-order valence-corrected chi connectivity index (χ0v) is 19.8. The number of carbonyl (C=O) groups excluding carboxylic acids is 2. The molecule has 0 radical (unpaired) electrons. The van der Waals surface area contributed by atoms with Gasteiger partial charge in [0, 0.05) is 17.1 Å². The van der Waals surface area contributed by atoms with E-state index in [9.17, 15) is 9.59 Å². The molecule has 5 aliphatic rings. The average Bonchev–Trinajstić information content (AvgIpc) is 2.72. The minimum atomic E-state index is -0.539. The Morgan fingerprint density at radius 1 is 0.939 bits per heavy atom. The van der Waals surface area contributed by atoms with Gasteiger partial charge in [0.1, 0.15) is 5.75 Å². The van der Waals surface area contributed by atoms with Crippen LogP contribution in [0, 0.1) is 16.7 Å². The standard InChI is InChI=1S/C26H37N3O4/c1-24-11-17-12-25(2,14-24)16-26(13-17,15-24)28-23(31)27-19-5-9-21(10-6-19)33-20-7-3-18(4-8-20)22(30)29-32/h3-4,7-8,17,19,21,32H,5-6,9-16H2,1-2H3,(H,29,30)(H2,27,28,31)/t17?,19?,21?,24-,25-,26?/m1/s1. The number of amides is 3. The van der Waals surface area contributed by atoms with Crippen molar-refractivity contribution in [3.63, 3.8) is 0 Å². The van der Waals surface area contributed by atoms with Crippen LogP contribution in [0.1, 0.15) is 88.4 Å². The molecule has 7 nitrogen and oxygen atoms in total. The van der Waals surface area contributed by atoms with Gasteiger partial charge in [0.2, 0.25) is 0 Å². The zero-order valence-electron chi connectivity index (χ0n) is 19.8. The molecule has 0 aromatic heterocycles. The van der Waals surface area contributed by atoms with Crippen LogP contribution in [0.25, 0.3) is 0 Å². The van der Waals surface area contributed by atoms with Crippen LogP contribution in [-0.4, -0.2) is 34.8 Å². The maximum atomic E-state index is 13.0. The normalized spacial score (nSPS) is 39.1. The fourth-order valence-corrected chi connectivity index (χ4v) is 8.32. The quantitative estimate of drug-likeness (QED) is 0.387. The van der Waals surface area contributed by atoms with E-state index in [0.717, 1.165) is 50.9 Å². The summed E-state index contributed by atoms with van der Waals surface area (Å²) in [5.74, 6) is 0.932. The Labute approximate surface area is 196 Å². The number of ether oxygens (including phenoxy) is 1. The van der Waals surface area contributed by atoms with Gasteiger partial charge in [-0.25, -0.2) is 10.3 Å². The number of nitrogens with one attached hydrogen (secondary N) is 3. The second kappa shape index (κ2) is 8.19. The molecule has 0 aliphatic heterocycles. The van der Waals surface area contributed by atoms with Crippen molar-refractivity contribution in [2.24, 2.45) is 16.7 Å². The zero-order chi connectivity index (χ0) is 23.3. The SMILES string of the molecule is C[C@]12CC3CC(NC(=O)NC4CCC(Oc5ccc(C(=O)NO)cc5)CC4)(C1)C[C@](C)(C3)C2. The number of hydrogen-bond donors (Lipinski definition) is 4. The van der Waals surface area contributed by atoms with Gasteiger partial charge in [-0.05, 0) is 105 Å². The third kappa shape index (κ3) is 4.70. The smallest absolute Gasteiger partial charge is 0.315 e. The minimum absolute atomic E-state index is 0.00580. The Bertz CT molecular complexity index is 891. The molecular weight excluding hydrogens is 418 g/mol. The summed E-state index contributed by atoms with van der Waals surface area (Å²) in [6, 6.07) is 6.93. The highest BCUT2D eigenvalue weighted by Crippen LogP contribution is 2.66. The lowest BCUT2D eigenvalue weighted by atomic mass is 9.43. The molecule has 0 unspecified atom stereocenters. The lowest BCUT2D eigenvalue weighted by Gasteiger charge is -2.65. The van der Waals surface area contributed by atoms with E-state index in [4.69, 9.17) is 9.94 Å². The van der Waals surface area contributed by atoms with Crippen LogP contribution < -0.4 is 20.9 Å². The number of carbonyl (C=O) groups is 2. The summed E-state index contributed by atoms with van der Waals surface area (Å²) in [4.78, 5) is 24.4. The van der Waals surface area contributed by atoms with Gasteiger partial charge in [-0.3, -0.25) is 10.0 Å². The first-order valence-corrected chi connectivity index (χ1v) is 12.5. The van der Waals surface area contributed by atoms with E-state index in [2.05, 4.69) is 24.5 Å². The summed E-state index contributed by atoms with van der Waals surface area (Å²) in [5, 5.41) is 15.4. The van der Waals surface area contributed by atoms with Crippen molar-refractivity contribution in [3.8, 4) is 5.75 Å². The van der Waals surface area contributed by atoms with Crippen molar-refractivity contribution in [1.29, 1.82) is 0 Å². The first-order chi connectivity index (χ1) is 15.7. The van der Waals surface area contributed by atoms with E-state index in [-0.39, 0.29) is 23.7 Å². The highest BCUT2D eigenvalue weighted by Gasteiger charge is 2.60. The van der Waals surface area contributed by atoms with E-state index in [0.29, 0.717) is 22.1 Å². The molecule has 33 heavy (non-hydrogen) atoms. The van der Waals surface area contributed by atoms with Crippen molar-refractivity contribution in [1.82, 2.24) is 16.1 Å². The summed E-state index contributed by atoms with van der Waals surface area (Å²) in [6.07, 6.45) is 11.0. The first-order valence-electron chi connectivity index (χ1n) is 12.5. The predicted octanol–water partition coefficient (Wildman–Crippen LogP) is 4.54. The monoisotopic (exact) mass is 455 g/mol. The fourth-order valence-electron chi connectivity index (χ4n) is 8.32. The van der Waals surface area contributed by atoms with Crippen molar-refractivity contribution in [3.05, 3.63) is 29.8 Å². The Morgan fingerprint density at radius 3 is 2.15 bits per heavy atom. The summed E-state index contributed by atoms with van der Waals surface area (Å²) >= 11 is 0. The van der Waals surface area contributed by atoms with Gasteiger partial charge in [0.05, 0.1) is 6.10 Å². The summed E-state index contributed by atoms with van der Waals surface area (Å²) in [5.41, 5.74) is 2.76. The molecule has 1 aromatic carbocycles. The molecule has 6 rings (SSSR count). The van der Waals surface area contributed by atoms with Crippen molar-refractivity contribution in [2.75, 3.05) is 0 Å². The molecule has 2 atom stereocenters. The van der Waals surface area contributed by atoms with E-state index in [1.54, 1.807) is 29.7 Å². The third-order valence-corrected chi connectivity index (χ3v) is 8.54.